The largest absolute Gasteiger partial charge is 0.397 e. The lowest BCUT2D eigenvalue weighted by Gasteiger charge is -2.33. The first-order valence-corrected chi connectivity index (χ1v) is 7.15. The van der Waals surface area contributed by atoms with E-state index in [1.165, 1.54) is 0 Å². The van der Waals surface area contributed by atoms with Crippen LogP contribution in [0.4, 0.5) is 17.1 Å². The number of amides is 1. The number of carbonyl (C=O) groups is 1. The van der Waals surface area contributed by atoms with Crippen molar-refractivity contribution in [3.05, 3.63) is 17.7 Å². The average Bonchev–Trinajstić information content (AvgIpc) is 2.45. The van der Waals surface area contributed by atoms with Gasteiger partial charge < -0.3 is 21.5 Å². The van der Waals surface area contributed by atoms with E-state index < -0.39 is 0 Å². The Morgan fingerprint density at radius 1 is 1.35 bits per heavy atom. The number of aliphatic hydroxyl groups excluding tert-OH is 1. The molecule has 1 aliphatic heterocycles. The molecular weight excluding hydrogens is 254 g/mol. The zero-order chi connectivity index (χ0) is 14.8. The maximum absolute atomic E-state index is 11.4. The van der Waals surface area contributed by atoms with Gasteiger partial charge in [0.15, 0.2) is 0 Å². The van der Waals surface area contributed by atoms with E-state index in [0.717, 1.165) is 36.2 Å². The van der Waals surface area contributed by atoms with Crippen LogP contribution in [0.1, 0.15) is 38.7 Å². The molecular formula is C15H23N3O2. The Kier molecular flexibility index (Phi) is 4.18. The molecule has 0 fully saturated rings. The first kappa shape index (κ1) is 14.7. The average molecular weight is 277 g/mol. The summed E-state index contributed by atoms with van der Waals surface area (Å²) in [6.45, 7) is 4.15. The molecule has 2 rings (SSSR count). The fraction of sp³-hybridized carbons (Fsp3) is 0.533. The zero-order valence-electron chi connectivity index (χ0n) is 12.1. The van der Waals surface area contributed by atoms with Crippen LogP contribution in [0.5, 0.6) is 0 Å². The summed E-state index contributed by atoms with van der Waals surface area (Å²) >= 11 is 0. The second kappa shape index (κ2) is 5.71. The van der Waals surface area contributed by atoms with Gasteiger partial charge in [-0.3, -0.25) is 4.79 Å². The van der Waals surface area contributed by atoms with Gasteiger partial charge in [-0.15, -0.1) is 0 Å². The van der Waals surface area contributed by atoms with Crippen LogP contribution in [0.2, 0.25) is 0 Å². The molecule has 0 atom stereocenters. The van der Waals surface area contributed by atoms with Gasteiger partial charge >= 0.3 is 0 Å². The molecule has 0 aliphatic carbocycles. The lowest BCUT2D eigenvalue weighted by Crippen LogP contribution is -2.41. The molecule has 0 spiro atoms. The van der Waals surface area contributed by atoms with Crippen molar-refractivity contribution < 1.29 is 9.90 Å². The molecule has 20 heavy (non-hydrogen) atoms. The van der Waals surface area contributed by atoms with Crippen molar-refractivity contribution in [1.29, 1.82) is 0 Å². The van der Waals surface area contributed by atoms with Crippen molar-refractivity contribution in [2.24, 2.45) is 0 Å². The Bertz CT molecular complexity index is 502. The standard InChI is InChI=1S/C15H23N3O2/c1-3-15(4-2,9-19)18-13-7-10-5-6-14(20)17-12(10)8-11(13)16/h7-8,18-19H,3-6,9,16H2,1-2H3,(H,17,20). The maximum Gasteiger partial charge on any atom is 0.224 e. The molecule has 1 heterocycles. The number of aliphatic hydroxyl groups is 1. The summed E-state index contributed by atoms with van der Waals surface area (Å²) in [4.78, 5) is 11.4. The Morgan fingerprint density at radius 3 is 2.65 bits per heavy atom. The van der Waals surface area contributed by atoms with Gasteiger partial charge in [0.25, 0.3) is 0 Å². The topological polar surface area (TPSA) is 87.4 Å². The number of fused-ring (bicyclic) bond motifs is 1. The molecule has 0 saturated carbocycles. The smallest absolute Gasteiger partial charge is 0.224 e. The van der Waals surface area contributed by atoms with E-state index in [1.807, 2.05) is 19.9 Å². The van der Waals surface area contributed by atoms with Gasteiger partial charge in [0.05, 0.1) is 23.5 Å². The number of rotatable bonds is 5. The molecule has 1 aromatic carbocycles. The normalized spacial score (nSPS) is 14.7. The SMILES string of the molecule is CCC(CC)(CO)Nc1cc2c(cc1N)NC(=O)CC2. The highest BCUT2D eigenvalue weighted by Gasteiger charge is 2.26. The third kappa shape index (κ3) is 2.72. The number of carbonyl (C=O) groups excluding carboxylic acids is 1. The highest BCUT2D eigenvalue weighted by Crippen LogP contribution is 2.33. The number of aryl methyl sites for hydroxylation is 1. The van der Waals surface area contributed by atoms with Crippen LogP contribution in [0.15, 0.2) is 12.1 Å². The van der Waals surface area contributed by atoms with E-state index in [0.29, 0.717) is 12.1 Å². The predicted molar refractivity (Wildman–Crippen MR) is 81.8 cm³/mol. The van der Waals surface area contributed by atoms with Crippen LogP contribution in [0.25, 0.3) is 0 Å². The Morgan fingerprint density at radius 2 is 2.05 bits per heavy atom. The minimum absolute atomic E-state index is 0.0319. The molecule has 0 unspecified atom stereocenters. The monoisotopic (exact) mass is 277 g/mol. The number of nitrogen functional groups attached to an aromatic ring is 1. The van der Waals surface area contributed by atoms with Crippen LogP contribution in [0, 0.1) is 0 Å². The number of hydrogen-bond acceptors (Lipinski definition) is 4. The van der Waals surface area contributed by atoms with Crippen LogP contribution < -0.4 is 16.4 Å². The van der Waals surface area contributed by atoms with Gasteiger partial charge in [0.1, 0.15) is 0 Å². The van der Waals surface area contributed by atoms with Gasteiger partial charge in [-0.25, -0.2) is 0 Å². The lowest BCUT2D eigenvalue weighted by molar-refractivity contribution is -0.116. The number of nitrogens with two attached hydrogens (primary N) is 1. The number of hydrogen-bond donors (Lipinski definition) is 4. The quantitative estimate of drug-likeness (QED) is 0.621. The molecule has 1 aromatic rings. The van der Waals surface area contributed by atoms with E-state index in [4.69, 9.17) is 5.73 Å². The second-order valence-electron chi connectivity index (χ2n) is 5.42. The maximum atomic E-state index is 11.4. The van der Waals surface area contributed by atoms with E-state index in [-0.39, 0.29) is 18.1 Å². The summed E-state index contributed by atoms with van der Waals surface area (Å²) < 4.78 is 0. The van der Waals surface area contributed by atoms with Gasteiger partial charge in [-0.05, 0) is 37.0 Å². The Balaban J connectivity index is 2.31. The number of benzene rings is 1. The summed E-state index contributed by atoms with van der Waals surface area (Å²) in [5.41, 5.74) is 9.02. The summed E-state index contributed by atoms with van der Waals surface area (Å²) in [6, 6.07) is 3.78. The third-order valence-electron chi connectivity index (χ3n) is 4.23. The van der Waals surface area contributed by atoms with E-state index >= 15 is 0 Å². The van der Waals surface area contributed by atoms with Crippen LogP contribution in [-0.4, -0.2) is 23.2 Å². The van der Waals surface area contributed by atoms with Gasteiger partial charge in [0.2, 0.25) is 5.91 Å². The summed E-state index contributed by atoms with van der Waals surface area (Å²) in [7, 11) is 0. The predicted octanol–water partition coefficient (Wildman–Crippen LogP) is 2.12. The first-order chi connectivity index (χ1) is 9.53. The lowest BCUT2D eigenvalue weighted by atomic mass is 9.92. The van der Waals surface area contributed by atoms with Crippen molar-refractivity contribution in [2.75, 3.05) is 23.0 Å². The molecule has 5 nitrogen and oxygen atoms in total. The fourth-order valence-electron chi connectivity index (χ4n) is 2.53. The molecule has 1 aliphatic rings. The van der Waals surface area contributed by atoms with Gasteiger partial charge in [-0.1, -0.05) is 13.8 Å². The highest BCUT2D eigenvalue weighted by molar-refractivity contribution is 5.95. The molecule has 110 valence electrons. The van der Waals surface area contributed by atoms with Gasteiger partial charge in [-0.2, -0.15) is 0 Å². The molecule has 0 saturated heterocycles. The first-order valence-electron chi connectivity index (χ1n) is 7.15. The minimum Gasteiger partial charge on any atom is -0.397 e. The Hall–Kier alpha value is -1.75. The zero-order valence-corrected chi connectivity index (χ0v) is 12.1. The highest BCUT2D eigenvalue weighted by atomic mass is 16.3. The van der Waals surface area contributed by atoms with E-state index in [1.54, 1.807) is 6.07 Å². The van der Waals surface area contributed by atoms with Crippen molar-refractivity contribution in [3.8, 4) is 0 Å². The minimum atomic E-state index is -0.347. The molecule has 0 radical (unpaired) electrons. The molecule has 1 amide bonds. The van der Waals surface area contributed by atoms with Crippen molar-refractivity contribution >= 4 is 23.0 Å². The second-order valence-corrected chi connectivity index (χ2v) is 5.42. The van der Waals surface area contributed by atoms with Crippen molar-refractivity contribution in [2.45, 2.75) is 45.1 Å². The molecule has 0 aromatic heterocycles. The number of nitrogens with one attached hydrogen (secondary N) is 2. The van der Waals surface area contributed by atoms with E-state index in [2.05, 4.69) is 10.6 Å². The van der Waals surface area contributed by atoms with Crippen LogP contribution in [0.3, 0.4) is 0 Å². The van der Waals surface area contributed by atoms with Crippen LogP contribution >= 0.6 is 0 Å². The van der Waals surface area contributed by atoms with Gasteiger partial charge in [0, 0.05) is 12.1 Å². The number of anilines is 3. The molecule has 0 bridgehead atoms. The molecule has 5 N–H and O–H groups in total. The Labute approximate surface area is 119 Å². The summed E-state index contributed by atoms with van der Waals surface area (Å²) in [5, 5.41) is 15.9. The van der Waals surface area contributed by atoms with Crippen molar-refractivity contribution in [3.63, 3.8) is 0 Å². The third-order valence-corrected chi connectivity index (χ3v) is 4.23. The van der Waals surface area contributed by atoms with Crippen LogP contribution in [-0.2, 0) is 11.2 Å². The fourth-order valence-corrected chi connectivity index (χ4v) is 2.53. The summed E-state index contributed by atoms with van der Waals surface area (Å²) in [6.07, 6.45) is 2.85. The summed E-state index contributed by atoms with van der Waals surface area (Å²) in [5.74, 6) is 0.0319. The van der Waals surface area contributed by atoms with E-state index in [9.17, 15) is 9.90 Å². The molecule has 5 heteroatoms. The van der Waals surface area contributed by atoms with Crippen molar-refractivity contribution in [1.82, 2.24) is 0 Å².